The Kier molecular flexibility index (Phi) is 4.33. The molecule has 3 rings (SSSR count). The number of fused-ring (bicyclic) bond motifs is 1. The van der Waals surface area contributed by atoms with Gasteiger partial charge in [0.25, 0.3) is 5.56 Å². The standard InChI is InChI=1S/C15H18F3N5O/c1-2-22-6-5-19-13(14(22)24)20-7-10-3-4-12-21-11(15(16,17)18)9-23(12)8-10/h5-6,9-10H,2-4,7-8H2,1H3,(H,19,20)/t10-/m1/s1. The predicted molar refractivity (Wildman–Crippen MR) is 81.7 cm³/mol. The summed E-state index contributed by atoms with van der Waals surface area (Å²) in [6, 6.07) is 0. The van der Waals surface area contributed by atoms with Gasteiger partial charge in [-0.2, -0.15) is 13.2 Å². The normalized spacial score (nSPS) is 17.6. The molecule has 0 radical (unpaired) electrons. The smallest absolute Gasteiger partial charge is 0.365 e. The van der Waals surface area contributed by atoms with E-state index in [0.717, 1.165) is 12.6 Å². The van der Waals surface area contributed by atoms with Crippen LogP contribution in [0, 0.1) is 5.92 Å². The Balaban J connectivity index is 1.67. The minimum absolute atomic E-state index is 0.115. The van der Waals surface area contributed by atoms with Crippen molar-refractivity contribution in [2.45, 2.75) is 39.0 Å². The second kappa shape index (κ2) is 6.29. The first-order chi connectivity index (χ1) is 11.4. The largest absolute Gasteiger partial charge is 0.434 e. The van der Waals surface area contributed by atoms with Gasteiger partial charge in [-0.1, -0.05) is 0 Å². The summed E-state index contributed by atoms with van der Waals surface area (Å²) in [4.78, 5) is 19.8. The van der Waals surface area contributed by atoms with Gasteiger partial charge in [-0.05, 0) is 19.3 Å². The molecule has 1 aliphatic heterocycles. The highest BCUT2D eigenvalue weighted by molar-refractivity contribution is 5.30. The first kappa shape index (κ1) is 16.5. The van der Waals surface area contributed by atoms with E-state index in [1.54, 1.807) is 21.5 Å². The third kappa shape index (κ3) is 3.29. The van der Waals surface area contributed by atoms with Gasteiger partial charge in [0.15, 0.2) is 11.5 Å². The molecule has 1 aliphatic rings. The van der Waals surface area contributed by atoms with Gasteiger partial charge in [-0.3, -0.25) is 4.79 Å². The maximum Gasteiger partial charge on any atom is 0.434 e. The van der Waals surface area contributed by atoms with E-state index < -0.39 is 11.9 Å². The van der Waals surface area contributed by atoms with Gasteiger partial charge < -0.3 is 14.5 Å². The number of aryl methyl sites for hydroxylation is 2. The number of halogens is 3. The lowest BCUT2D eigenvalue weighted by Crippen LogP contribution is -2.29. The molecule has 2 aromatic rings. The molecule has 0 saturated heterocycles. The minimum Gasteiger partial charge on any atom is -0.365 e. The lowest BCUT2D eigenvalue weighted by molar-refractivity contribution is -0.141. The van der Waals surface area contributed by atoms with Gasteiger partial charge in [0.2, 0.25) is 0 Å². The maximum absolute atomic E-state index is 12.7. The van der Waals surface area contributed by atoms with Crippen LogP contribution in [-0.4, -0.2) is 25.6 Å². The van der Waals surface area contributed by atoms with Crippen LogP contribution in [0.15, 0.2) is 23.4 Å². The van der Waals surface area contributed by atoms with Crippen LogP contribution in [0.25, 0.3) is 0 Å². The predicted octanol–water partition coefficient (Wildman–Crippen LogP) is 2.15. The third-order valence-corrected chi connectivity index (χ3v) is 4.19. The average Bonchev–Trinajstić information content (AvgIpc) is 2.97. The number of hydrogen-bond acceptors (Lipinski definition) is 4. The molecule has 0 aliphatic carbocycles. The Hall–Kier alpha value is -2.32. The van der Waals surface area contributed by atoms with Crippen molar-refractivity contribution in [3.63, 3.8) is 0 Å². The lowest BCUT2D eigenvalue weighted by Gasteiger charge is -2.24. The highest BCUT2D eigenvalue weighted by Gasteiger charge is 2.35. The Morgan fingerprint density at radius 1 is 1.42 bits per heavy atom. The topological polar surface area (TPSA) is 64.7 Å². The summed E-state index contributed by atoms with van der Waals surface area (Å²) in [5.74, 6) is 0.848. The SMILES string of the molecule is CCn1ccnc(NC[C@H]2CCc3nc(C(F)(F)F)cn3C2)c1=O. The second-order valence-electron chi connectivity index (χ2n) is 5.85. The Morgan fingerprint density at radius 3 is 2.92 bits per heavy atom. The van der Waals surface area contributed by atoms with Crippen molar-refractivity contribution in [1.29, 1.82) is 0 Å². The average molecular weight is 341 g/mol. The van der Waals surface area contributed by atoms with Gasteiger partial charge >= 0.3 is 6.18 Å². The minimum atomic E-state index is -4.42. The fraction of sp³-hybridized carbons (Fsp3) is 0.533. The van der Waals surface area contributed by atoms with Crippen molar-refractivity contribution in [2.24, 2.45) is 5.92 Å². The third-order valence-electron chi connectivity index (χ3n) is 4.19. The zero-order chi connectivity index (χ0) is 17.3. The van der Waals surface area contributed by atoms with Gasteiger partial charge in [0.1, 0.15) is 5.82 Å². The molecular weight excluding hydrogens is 323 g/mol. The monoisotopic (exact) mass is 341 g/mol. The number of rotatable bonds is 4. The van der Waals surface area contributed by atoms with Crippen LogP contribution in [0.2, 0.25) is 0 Å². The Morgan fingerprint density at radius 2 is 2.21 bits per heavy atom. The molecule has 1 N–H and O–H groups in total. The number of alkyl halides is 3. The van der Waals surface area contributed by atoms with Crippen molar-refractivity contribution in [2.75, 3.05) is 11.9 Å². The molecule has 1 atom stereocenters. The summed E-state index contributed by atoms with van der Waals surface area (Å²) < 4.78 is 41.3. The van der Waals surface area contributed by atoms with Gasteiger partial charge in [-0.15, -0.1) is 0 Å². The highest BCUT2D eigenvalue weighted by Crippen LogP contribution is 2.30. The Labute approximate surface area is 136 Å². The van der Waals surface area contributed by atoms with E-state index in [4.69, 9.17) is 0 Å². The van der Waals surface area contributed by atoms with Crippen LogP contribution in [0.3, 0.4) is 0 Å². The fourth-order valence-corrected chi connectivity index (χ4v) is 2.88. The molecule has 6 nitrogen and oxygen atoms in total. The van der Waals surface area contributed by atoms with Crippen LogP contribution in [0.1, 0.15) is 24.9 Å². The molecule has 0 spiro atoms. The van der Waals surface area contributed by atoms with E-state index in [-0.39, 0.29) is 17.3 Å². The summed E-state index contributed by atoms with van der Waals surface area (Å²) in [5.41, 5.74) is -1.04. The van der Waals surface area contributed by atoms with Crippen LogP contribution >= 0.6 is 0 Å². The molecule has 0 saturated carbocycles. The number of imidazole rings is 1. The van der Waals surface area contributed by atoms with Crippen LogP contribution in [-0.2, 0) is 25.7 Å². The molecule has 0 unspecified atom stereocenters. The van der Waals surface area contributed by atoms with Crippen LogP contribution in [0.5, 0.6) is 0 Å². The van der Waals surface area contributed by atoms with Gasteiger partial charge in [-0.25, -0.2) is 9.97 Å². The van der Waals surface area contributed by atoms with Crippen LogP contribution in [0.4, 0.5) is 19.0 Å². The first-order valence-electron chi connectivity index (χ1n) is 7.81. The van der Waals surface area contributed by atoms with E-state index in [1.807, 2.05) is 6.92 Å². The van der Waals surface area contributed by atoms with E-state index in [9.17, 15) is 18.0 Å². The van der Waals surface area contributed by atoms with Crippen molar-refractivity contribution in [3.05, 3.63) is 40.5 Å². The zero-order valence-corrected chi connectivity index (χ0v) is 13.2. The molecule has 0 aromatic carbocycles. The highest BCUT2D eigenvalue weighted by atomic mass is 19.4. The number of aromatic nitrogens is 4. The van der Waals surface area contributed by atoms with Crippen LogP contribution < -0.4 is 10.9 Å². The molecule has 0 fully saturated rings. The van der Waals surface area contributed by atoms with E-state index in [1.165, 1.54) is 0 Å². The maximum atomic E-state index is 12.7. The van der Waals surface area contributed by atoms with E-state index in [0.29, 0.717) is 31.9 Å². The summed E-state index contributed by atoms with van der Waals surface area (Å²) in [6.07, 6.45) is 1.02. The van der Waals surface area contributed by atoms with Crippen molar-refractivity contribution < 1.29 is 13.2 Å². The first-order valence-corrected chi connectivity index (χ1v) is 7.81. The molecule has 24 heavy (non-hydrogen) atoms. The van der Waals surface area contributed by atoms with Crippen molar-refractivity contribution in [3.8, 4) is 0 Å². The summed E-state index contributed by atoms with van der Waals surface area (Å²) in [6.45, 7) is 3.35. The molecule has 2 aromatic heterocycles. The van der Waals surface area contributed by atoms with Gasteiger partial charge in [0.05, 0.1) is 0 Å². The molecule has 0 amide bonds. The van der Waals surface area contributed by atoms with E-state index in [2.05, 4.69) is 15.3 Å². The number of nitrogens with zero attached hydrogens (tertiary/aromatic N) is 4. The summed E-state index contributed by atoms with van der Waals surface area (Å²) in [7, 11) is 0. The molecule has 9 heteroatoms. The molecular formula is C15H18F3N5O. The summed E-state index contributed by atoms with van der Waals surface area (Å²) in [5, 5.41) is 3.02. The summed E-state index contributed by atoms with van der Waals surface area (Å²) >= 11 is 0. The number of anilines is 1. The van der Waals surface area contributed by atoms with Crippen molar-refractivity contribution >= 4 is 5.82 Å². The second-order valence-corrected chi connectivity index (χ2v) is 5.85. The molecule has 0 bridgehead atoms. The van der Waals surface area contributed by atoms with E-state index >= 15 is 0 Å². The molecule has 130 valence electrons. The quantitative estimate of drug-likeness (QED) is 0.926. The molecule has 3 heterocycles. The number of nitrogens with one attached hydrogen (secondary N) is 1. The Bertz CT molecular complexity index is 780. The van der Waals surface area contributed by atoms with Crippen molar-refractivity contribution in [1.82, 2.24) is 19.1 Å². The fourth-order valence-electron chi connectivity index (χ4n) is 2.88. The zero-order valence-electron chi connectivity index (χ0n) is 13.2. The van der Waals surface area contributed by atoms with Gasteiger partial charge in [0, 0.05) is 44.6 Å². The lowest BCUT2D eigenvalue weighted by atomic mass is 9.99. The number of hydrogen-bond donors (Lipinski definition) is 1.